The molecule has 0 bridgehead atoms. The SMILES string of the molecule is C[C@H]1OC(C)(C)N[C@@H]1CNCc1cccc2c1C(=O)N(C1CCC(=O)NC1=O)C2. The Morgan fingerprint density at radius 3 is 2.76 bits per heavy atom. The fourth-order valence-corrected chi connectivity index (χ4v) is 4.56. The van der Waals surface area contributed by atoms with E-state index in [1.165, 1.54) is 0 Å². The Bertz CT molecular complexity index is 853. The van der Waals surface area contributed by atoms with E-state index < -0.39 is 6.04 Å². The minimum atomic E-state index is -0.587. The van der Waals surface area contributed by atoms with Crippen LogP contribution in [-0.2, 0) is 27.4 Å². The monoisotopic (exact) mass is 400 g/mol. The van der Waals surface area contributed by atoms with Crippen molar-refractivity contribution in [2.75, 3.05) is 6.54 Å². The van der Waals surface area contributed by atoms with Gasteiger partial charge < -0.3 is 15.0 Å². The summed E-state index contributed by atoms with van der Waals surface area (Å²) in [6, 6.07) is 5.43. The fourth-order valence-electron chi connectivity index (χ4n) is 4.56. The smallest absolute Gasteiger partial charge is 0.255 e. The van der Waals surface area contributed by atoms with Crippen LogP contribution < -0.4 is 16.0 Å². The van der Waals surface area contributed by atoms with Gasteiger partial charge in [-0.1, -0.05) is 18.2 Å². The predicted octanol–water partition coefficient (Wildman–Crippen LogP) is 0.650. The number of fused-ring (bicyclic) bond motifs is 1. The van der Waals surface area contributed by atoms with E-state index in [0.29, 0.717) is 25.1 Å². The van der Waals surface area contributed by atoms with Crippen LogP contribution in [0.3, 0.4) is 0 Å². The Hall–Kier alpha value is -2.29. The molecular formula is C21H28N4O4. The number of ether oxygens (including phenoxy) is 1. The Balaban J connectivity index is 1.42. The highest BCUT2D eigenvalue weighted by Gasteiger charge is 2.40. The number of nitrogens with zero attached hydrogens (tertiary/aromatic N) is 1. The van der Waals surface area contributed by atoms with Gasteiger partial charge in [0.25, 0.3) is 5.91 Å². The third kappa shape index (κ3) is 3.92. The standard InChI is InChI=1S/C21H28N4O4/c1-12-15(24-21(2,3)29-12)10-22-9-13-5-4-6-14-11-25(20(28)18(13)14)16-7-8-17(26)23-19(16)27/h4-6,12,15-16,22,24H,7-11H2,1-3H3,(H,23,26,27)/t12-,15-,16?/m1/s1. The normalized spacial score (nSPS) is 28.6. The number of piperidine rings is 1. The lowest BCUT2D eigenvalue weighted by Crippen LogP contribution is -2.52. The largest absolute Gasteiger partial charge is 0.357 e. The van der Waals surface area contributed by atoms with Gasteiger partial charge in [-0.25, -0.2) is 0 Å². The van der Waals surface area contributed by atoms with Gasteiger partial charge in [0, 0.05) is 37.7 Å². The molecule has 1 unspecified atom stereocenters. The molecule has 3 aliphatic rings. The number of hydrogen-bond acceptors (Lipinski definition) is 6. The summed E-state index contributed by atoms with van der Waals surface area (Å²) in [4.78, 5) is 38.3. The highest BCUT2D eigenvalue weighted by molar-refractivity contribution is 6.05. The van der Waals surface area contributed by atoms with Crippen molar-refractivity contribution >= 4 is 17.7 Å². The zero-order valence-electron chi connectivity index (χ0n) is 17.1. The van der Waals surface area contributed by atoms with E-state index in [1.54, 1.807) is 4.90 Å². The molecule has 0 radical (unpaired) electrons. The Labute approximate surface area is 170 Å². The molecule has 2 fully saturated rings. The first-order valence-corrected chi connectivity index (χ1v) is 10.2. The second-order valence-corrected chi connectivity index (χ2v) is 8.57. The maximum atomic E-state index is 13.1. The van der Waals surface area contributed by atoms with Crippen LogP contribution in [-0.4, -0.2) is 53.1 Å². The quantitative estimate of drug-likeness (QED) is 0.628. The molecule has 2 saturated heterocycles. The second-order valence-electron chi connectivity index (χ2n) is 8.57. The van der Waals surface area contributed by atoms with E-state index >= 15 is 0 Å². The van der Waals surface area contributed by atoms with Gasteiger partial charge in [0.15, 0.2) is 0 Å². The Kier molecular flexibility index (Phi) is 5.18. The molecule has 0 spiro atoms. The third-order valence-electron chi connectivity index (χ3n) is 5.90. The van der Waals surface area contributed by atoms with Gasteiger partial charge >= 0.3 is 0 Å². The maximum absolute atomic E-state index is 13.1. The summed E-state index contributed by atoms with van der Waals surface area (Å²) in [6.07, 6.45) is 0.734. The van der Waals surface area contributed by atoms with E-state index in [0.717, 1.165) is 17.7 Å². The molecule has 8 heteroatoms. The molecule has 0 aliphatic carbocycles. The number of imide groups is 1. The van der Waals surface area contributed by atoms with Gasteiger partial charge in [0.05, 0.1) is 6.10 Å². The lowest BCUT2D eigenvalue weighted by molar-refractivity contribution is -0.136. The molecule has 1 aromatic carbocycles. The molecule has 3 aliphatic heterocycles. The molecule has 29 heavy (non-hydrogen) atoms. The maximum Gasteiger partial charge on any atom is 0.255 e. The lowest BCUT2D eigenvalue weighted by atomic mass is 10.0. The first-order valence-electron chi connectivity index (χ1n) is 10.2. The number of hydrogen-bond donors (Lipinski definition) is 3. The van der Waals surface area contributed by atoms with Gasteiger partial charge in [-0.3, -0.25) is 25.0 Å². The van der Waals surface area contributed by atoms with Crippen LogP contribution in [0.4, 0.5) is 0 Å². The summed E-state index contributed by atoms with van der Waals surface area (Å²) in [6.45, 7) is 7.75. The Morgan fingerprint density at radius 2 is 2.07 bits per heavy atom. The van der Waals surface area contributed by atoms with E-state index in [1.807, 2.05) is 32.0 Å². The molecule has 156 valence electrons. The van der Waals surface area contributed by atoms with Crippen molar-refractivity contribution < 1.29 is 19.1 Å². The lowest BCUT2D eigenvalue weighted by Gasteiger charge is -2.29. The van der Waals surface area contributed by atoms with Gasteiger partial charge in [0.2, 0.25) is 11.8 Å². The average molecular weight is 400 g/mol. The molecular weight excluding hydrogens is 372 g/mol. The fraction of sp³-hybridized carbons (Fsp3) is 0.571. The molecule has 3 amide bonds. The zero-order valence-corrected chi connectivity index (χ0v) is 17.1. The van der Waals surface area contributed by atoms with Crippen molar-refractivity contribution in [2.24, 2.45) is 0 Å². The molecule has 3 atom stereocenters. The highest BCUT2D eigenvalue weighted by atomic mass is 16.5. The third-order valence-corrected chi connectivity index (χ3v) is 5.90. The van der Waals surface area contributed by atoms with E-state index in [9.17, 15) is 14.4 Å². The van der Waals surface area contributed by atoms with Gasteiger partial charge in [-0.15, -0.1) is 0 Å². The number of rotatable bonds is 5. The summed E-state index contributed by atoms with van der Waals surface area (Å²) < 4.78 is 5.88. The second kappa shape index (κ2) is 7.51. The number of benzene rings is 1. The van der Waals surface area contributed by atoms with E-state index in [-0.39, 0.29) is 42.0 Å². The van der Waals surface area contributed by atoms with Crippen LogP contribution >= 0.6 is 0 Å². The highest BCUT2D eigenvalue weighted by Crippen LogP contribution is 2.30. The molecule has 1 aromatic rings. The summed E-state index contributed by atoms with van der Waals surface area (Å²) >= 11 is 0. The van der Waals surface area contributed by atoms with Crippen molar-refractivity contribution in [2.45, 2.75) is 70.6 Å². The number of carbonyl (C=O) groups is 3. The summed E-state index contributed by atoms with van der Waals surface area (Å²) in [5.41, 5.74) is 2.19. The predicted molar refractivity (Wildman–Crippen MR) is 106 cm³/mol. The molecule has 8 nitrogen and oxygen atoms in total. The van der Waals surface area contributed by atoms with Gasteiger partial charge in [-0.2, -0.15) is 0 Å². The van der Waals surface area contributed by atoms with E-state index in [2.05, 4.69) is 22.9 Å². The van der Waals surface area contributed by atoms with Crippen molar-refractivity contribution in [3.8, 4) is 0 Å². The first-order chi connectivity index (χ1) is 13.7. The van der Waals surface area contributed by atoms with Crippen LogP contribution in [0, 0.1) is 0 Å². The summed E-state index contributed by atoms with van der Waals surface area (Å²) in [7, 11) is 0. The Morgan fingerprint density at radius 1 is 1.28 bits per heavy atom. The average Bonchev–Trinajstić information content (AvgIpc) is 3.11. The van der Waals surface area contributed by atoms with Crippen LogP contribution in [0.15, 0.2) is 18.2 Å². The summed E-state index contributed by atoms with van der Waals surface area (Å²) in [5.74, 6) is -0.795. The van der Waals surface area contributed by atoms with Gasteiger partial charge in [-0.05, 0) is 38.3 Å². The van der Waals surface area contributed by atoms with Crippen LogP contribution in [0.1, 0.15) is 55.1 Å². The van der Waals surface area contributed by atoms with Crippen molar-refractivity contribution in [1.82, 2.24) is 20.9 Å². The minimum Gasteiger partial charge on any atom is -0.357 e. The summed E-state index contributed by atoms with van der Waals surface area (Å²) in [5, 5.41) is 9.23. The van der Waals surface area contributed by atoms with Crippen LogP contribution in [0.5, 0.6) is 0 Å². The molecule has 4 rings (SSSR count). The molecule has 3 heterocycles. The topological polar surface area (TPSA) is 99.8 Å². The van der Waals surface area contributed by atoms with Crippen molar-refractivity contribution in [3.05, 3.63) is 34.9 Å². The molecule has 0 aromatic heterocycles. The number of carbonyl (C=O) groups excluding carboxylic acids is 3. The zero-order chi connectivity index (χ0) is 20.8. The van der Waals surface area contributed by atoms with Crippen LogP contribution in [0.2, 0.25) is 0 Å². The van der Waals surface area contributed by atoms with Crippen LogP contribution in [0.25, 0.3) is 0 Å². The number of nitrogens with one attached hydrogen (secondary N) is 3. The molecule has 0 saturated carbocycles. The van der Waals surface area contributed by atoms with Gasteiger partial charge in [0.1, 0.15) is 11.8 Å². The first kappa shape index (κ1) is 20.0. The van der Waals surface area contributed by atoms with Crippen molar-refractivity contribution in [1.29, 1.82) is 0 Å². The number of amides is 3. The van der Waals surface area contributed by atoms with E-state index in [4.69, 9.17) is 4.74 Å². The molecule has 3 N–H and O–H groups in total. The minimum absolute atomic E-state index is 0.101. The van der Waals surface area contributed by atoms with Crippen molar-refractivity contribution in [3.63, 3.8) is 0 Å².